The monoisotopic (exact) mass is 435 g/mol. The van der Waals surface area contributed by atoms with E-state index in [2.05, 4.69) is 16.5 Å². The van der Waals surface area contributed by atoms with Crippen LogP contribution in [-0.4, -0.2) is 55.0 Å². The normalized spacial score (nSPS) is 14.3. The number of rotatable bonds is 7. The molecule has 0 unspecified atom stereocenters. The van der Waals surface area contributed by atoms with Crippen molar-refractivity contribution >= 4 is 16.6 Å². The minimum Gasteiger partial charge on any atom is -0.496 e. The first kappa shape index (κ1) is 21.8. The van der Waals surface area contributed by atoms with Crippen LogP contribution in [0.25, 0.3) is 27.7 Å². The summed E-state index contributed by atoms with van der Waals surface area (Å²) in [6.45, 7) is 9.66. The molecule has 3 heterocycles. The third-order valence-corrected chi connectivity index (χ3v) is 5.85. The SMILES string of the molecule is C=C(c1cc(OC)c(-c2cn(C/C=C/C)c(=O)c3[nH]ccc23)cc1OC)N1CCOCC1. The summed E-state index contributed by atoms with van der Waals surface area (Å²) in [5.74, 6) is 1.39. The Morgan fingerprint density at radius 3 is 2.62 bits per heavy atom. The van der Waals surface area contributed by atoms with E-state index >= 15 is 0 Å². The van der Waals surface area contributed by atoms with Gasteiger partial charge in [-0.25, -0.2) is 0 Å². The molecule has 7 heteroatoms. The molecule has 0 amide bonds. The van der Waals surface area contributed by atoms with Gasteiger partial charge >= 0.3 is 0 Å². The number of nitrogens with one attached hydrogen (secondary N) is 1. The fourth-order valence-corrected chi connectivity index (χ4v) is 4.10. The van der Waals surface area contributed by atoms with E-state index in [1.165, 1.54) is 0 Å². The first-order valence-corrected chi connectivity index (χ1v) is 10.7. The predicted molar refractivity (Wildman–Crippen MR) is 127 cm³/mol. The summed E-state index contributed by atoms with van der Waals surface area (Å²) in [5.41, 5.74) is 4.00. The molecule has 0 radical (unpaired) electrons. The van der Waals surface area contributed by atoms with E-state index in [-0.39, 0.29) is 5.56 Å². The molecular formula is C25H29N3O4. The van der Waals surface area contributed by atoms with Gasteiger partial charge in [0.15, 0.2) is 0 Å². The topological polar surface area (TPSA) is 68.7 Å². The lowest BCUT2D eigenvalue weighted by atomic mass is 9.98. The van der Waals surface area contributed by atoms with Gasteiger partial charge in [-0.3, -0.25) is 4.79 Å². The Morgan fingerprint density at radius 1 is 1.19 bits per heavy atom. The molecule has 1 aliphatic heterocycles. The van der Waals surface area contributed by atoms with Crippen molar-refractivity contribution in [1.29, 1.82) is 0 Å². The van der Waals surface area contributed by atoms with Crippen molar-refractivity contribution < 1.29 is 14.2 Å². The van der Waals surface area contributed by atoms with Crippen LogP contribution in [0.3, 0.4) is 0 Å². The van der Waals surface area contributed by atoms with Crippen molar-refractivity contribution in [3.63, 3.8) is 0 Å². The summed E-state index contributed by atoms with van der Waals surface area (Å²) >= 11 is 0. The molecule has 0 bridgehead atoms. The van der Waals surface area contributed by atoms with Gasteiger partial charge in [-0.15, -0.1) is 0 Å². The second-order valence-electron chi connectivity index (χ2n) is 7.63. The Hall–Kier alpha value is -3.45. The molecule has 0 atom stereocenters. The summed E-state index contributed by atoms with van der Waals surface area (Å²) in [5, 5.41) is 0.840. The van der Waals surface area contributed by atoms with Gasteiger partial charge in [-0.1, -0.05) is 18.7 Å². The molecule has 168 valence electrons. The Kier molecular flexibility index (Phi) is 6.37. The number of methoxy groups -OCH3 is 2. The quantitative estimate of drug-likeness (QED) is 0.570. The number of hydrogen-bond acceptors (Lipinski definition) is 5. The van der Waals surface area contributed by atoms with Gasteiger partial charge in [0.25, 0.3) is 5.56 Å². The summed E-state index contributed by atoms with van der Waals surface area (Å²) < 4.78 is 18.7. The number of hydrogen-bond donors (Lipinski definition) is 1. The van der Waals surface area contributed by atoms with E-state index < -0.39 is 0 Å². The molecule has 0 saturated carbocycles. The maximum absolute atomic E-state index is 12.9. The summed E-state index contributed by atoms with van der Waals surface area (Å²) in [7, 11) is 3.30. The molecule has 1 N–H and O–H groups in total. The fourth-order valence-electron chi connectivity index (χ4n) is 4.10. The number of allylic oxidation sites excluding steroid dienone is 2. The lowest BCUT2D eigenvalue weighted by molar-refractivity contribution is 0.0640. The number of aromatic amines is 1. The number of benzene rings is 1. The highest BCUT2D eigenvalue weighted by atomic mass is 16.5. The van der Waals surface area contributed by atoms with E-state index in [0.29, 0.717) is 36.8 Å². The number of ether oxygens (including phenoxy) is 3. The lowest BCUT2D eigenvalue weighted by Crippen LogP contribution is -2.34. The fraction of sp³-hybridized carbons (Fsp3) is 0.320. The average molecular weight is 436 g/mol. The molecule has 1 aliphatic rings. The molecule has 0 aliphatic carbocycles. The lowest BCUT2D eigenvalue weighted by Gasteiger charge is -2.31. The summed E-state index contributed by atoms with van der Waals surface area (Å²) in [4.78, 5) is 18.2. The first-order valence-electron chi connectivity index (χ1n) is 10.7. The van der Waals surface area contributed by atoms with Crippen LogP contribution in [0.2, 0.25) is 0 Å². The number of H-pyrrole nitrogens is 1. The number of morpholine rings is 1. The van der Waals surface area contributed by atoms with Gasteiger partial charge in [0.2, 0.25) is 0 Å². The second-order valence-corrected chi connectivity index (χ2v) is 7.63. The molecule has 1 saturated heterocycles. The van der Waals surface area contributed by atoms with Gasteiger partial charge < -0.3 is 28.7 Å². The molecule has 1 fully saturated rings. The Labute approximate surface area is 187 Å². The van der Waals surface area contributed by atoms with Crippen LogP contribution < -0.4 is 15.0 Å². The first-order chi connectivity index (χ1) is 15.6. The number of nitrogens with zero attached hydrogens (tertiary/aromatic N) is 2. The zero-order chi connectivity index (χ0) is 22.7. The van der Waals surface area contributed by atoms with Gasteiger partial charge in [0, 0.05) is 59.8 Å². The van der Waals surface area contributed by atoms with Crippen molar-refractivity contribution in [3.8, 4) is 22.6 Å². The maximum Gasteiger partial charge on any atom is 0.275 e. The highest BCUT2D eigenvalue weighted by Gasteiger charge is 2.22. The average Bonchev–Trinajstić information content (AvgIpc) is 3.33. The van der Waals surface area contributed by atoms with Crippen molar-refractivity contribution in [2.45, 2.75) is 13.5 Å². The van der Waals surface area contributed by atoms with Gasteiger partial charge in [0.05, 0.1) is 27.4 Å². The van der Waals surface area contributed by atoms with E-state index in [1.807, 2.05) is 43.5 Å². The Balaban J connectivity index is 1.88. The van der Waals surface area contributed by atoms with E-state index in [0.717, 1.165) is 40.9 Å². The molecule has 4 rings (SSSR count). The highest BCUT2D eigenvalue weighted by molar-refractivity contribution is 5.96. The molecular weight excluding hydrogens is 406 g/mol. The number of fused-ring (bicyclic) bond motifs is 1. The smallest absolute Gasteiger partial charge is 0.275 e. The zero-order valence-corrected chi connectivity index (χ0v) is 18.8. The predicted octanol–water partition coefficient (Wildman–Crippen LogP) is 3.89. The number of aromatic nitrogens is 2. The largest absolute Gasteiger partial charge is 0.496 e. The molecule has 7 nitrogen and oxygen atoms in total. The van der Waals surface area contributed by atoms with Crippen LogP contribution in [0.15, 0.2) is 54.1 Å². The zero-order valence-electron chi connectivity index (χ0n) is 18.8. The van der Waals surface area contributed by atoms with E-state index in [4.69, 9.17) is 14.2 Å². The van der Waals surface area contributed by atoms with Crippen molar-refractivity contribution in [2.24, 2.45) is 0 Å². The number of pyridine rings is 1. The summed E-state index contributed by atoms with van der Waals surface area (Å²) in [6, 6.07) is 5.84. The summed E-state index contributed by atoms with van der Waals surface area (Å²) in [6.07, 6.45) is 7.55. The van der Waals surface area contributed by atoms with Crippen LogP contribution in [0.4, 0.5) is 0 Å². The van der Waals surface area contributed by atoms with Crippen molar-refractivity contribution in [1.82, 2.24) is 14.5 Å². The maximum atomic E-state index is 12.9. The van der Waals surface area contributed by atoms with Crippen molar-refractivity contribution in [2.75, 3.05) is 40.5 Å². The minimum absolute atomic E-state index is 0.0601. The minimum atomic E-state index is -0.0601. The molecule has 0 spiro atoms. The van der Waals surface area contributed by atoms with Crippen LogP contribution in [0.5, 0.6) is 11.5 Å². The Morgan fingerprint density at radius 2 is 1.94 bits per heavy atom. The molecule has 32 heavy (non-hydrogen) atoms. The highest BCUT2D eigenvalue weighted by Crippen LogP contribution is 2.41. The van der Waals surface area contributed by atoms with Crippen LogP contribution in [-0.2, 0) is 11.3 Å². The van der Waals surface area contributed by atoms with Crippen LogP contribution in [0, 0.1) is 0 Å². The van der Waals surface area contributed by atoms with Gasteiger partial charge in [0.1, 0.15) is 17.0 Å². The second kappa shape index (κ2) is 9.36. The van der Waals surface area contributed by atoms with Crippen molar-refractivity contribution in [3.05, 3.63) is 65.2 Å². The standard InChI is InChI=1S/C25H29N3O4/c1-5-6-9-28-16-21(18-7-8-26-24(18)25(28)29)20-15-22(30-3)19(14-23(20)31-4)17(2)27-10-12-32-13-11-27/h5-8,14-16,26H,2,9-13H2,1,3-4H3/b6-5+. The van der Waals surface area contributed by atoms with E-state index in [9.17, 15) is 4.79 Å². The Bertz CT molecular complexity index is 1220. The van der Waals surface area contributed by atoms with E-state index in [1.54, 1.807) is 25.0 Å². The molecule has 2 aromatic heterocycles. The third-order valence-electron chi connectivity index (χ3n) is 5.85. The van der Waals surface area contributed by atoms with Gasteiger partial charge in [-0.2, -0.15) is 0 Å². The van der Waals surface area contributed by atoms with Crippen LogP contribution in [0.1, 0.15) is 12.5 Å². The third kappa shape index (κ3) is 3.91. The van der Waals surface area contributed by atoms with Crippen LogP contribution >= 0.6 is 0 Å². The van der Waals surface area contributed by atoms with Gasteiger partial charge in [-0.05, 0) is 25.1 Å². The molecule has 3 aromatic rings. The molecule has 1 aromatic carbocycles.